The monoisotopic (exact) mass is 316 g/mol. The van der Waals surface area contributed by atoms with Crippen molar-refractivity contribution in [3.8, 4) is 5.75 Å². The Hall–Kier alpha value is -1.60. The van der Waals surface area contributed by atoms with E-state index in [1.165, 1.54) is 17.4 Å². The highest BCUT2D eigenvalue weighted by Gasteiger charge is 2.31. The Bertz CT molecular complexity index is 611. The third-order valence-electron chi connectivity index (χ3n) is 3.04. The minimum atomic E-state index is -4.37. The van der Waals surface area contributed by atoms with E-state index in [2.05, 4.69) is 4.98 Å². The average Bonchev–Trinajstić information content (AvgIpc) is 2.83. The number of nitrogens with two attached hydrogens (primary N) is 1. The highest BCUT2D eigenvalue weighted by atomic mass is 32.1. The number of hydrogen-bond donors (Lipinski definition) is 1. The van der Waals surface area contributed by atoms with Crippen LogP contribution in [0, 0.1) is 6.92 Å². The van der Waals surface area contributed by atoms with Gasteiger partial charge in [-0.3, -0.25) is 0 Å². The first-order valence-electron chi connectivity index (χ1n) is 6.33. The molecule has 1 aromatic carbocycles. The van der Waals surface area contributed by atoms with Crippen molar-refractivity contribution in [2.75, 3.05) is 6.61 Å². The van der Waals surface area contributed by atoms with E-state index >= 15 is 0 Å². The summed E-state index contributed by atoms with van der Waals surface area (Å²) < 4.78 is 43.4. The fourth-order valence-electron chi connectivity index (χ4n) is 1.88. The molecule has 0 aliphatic rings. The molecule has 1 heterocycles. The van der Waals surface area contributed by atoms with E-state index in [0.29, 0.717) is 24.3 Å². The zero-order valence-electron chi connectivity index (χ0n) is 11.4. The molecule has 7 heteroatoms. The van der Waals surface area contributed by atoms with Gasteiger partial charge in [-0.25, -0.2) is 4.98 Å². The molecule has 2 N–H and O–H groups in total. The zero-order valence-corrected chi connectivity index (χ0v) is 12.2. The Morgan fingerprint density at radius 3 is 2.67 bits per heavy atom. The fraction of sp³-hybridized carbons (Fsp3) is 0.357. The van der Waals surface area contributed by atoms with Crippen molar-refractivity contribution in [3.05, 3.63) is 45.4 Å². The maximum absolute atomic E-state index is 12.6. The first-order valence-corrected chi connectivity index (χ1v) is 7.21. The summed E-state index contributed by atoms with van der Waals surface area (Å²) in [5.74, 6) is 0.396. The van der Waals surface area contributed by atoms with E-state index in [9.17, 15) is 13.2 Å². The van der Waals surface area contributed by atoms with Crippen LogP contribution in [0.15, 0.2) is 23.7 Å². The number of aromatic nitrogens is 1. The van der Waals surface area contributed by atoms with Crippen LogP contribution >= 0.6 is 11.3 Å². The van der Waals surface area contributed by atoms with Gasteiger partial charge in [0.1, 0.15) is 5.75 Å². The highest BCUT2D eigenvalue weighted by Crippen LogP contribution is 2.32. The molecular formula is C14H15F3N2OS. The van der Waals surface area contributed by atoms with Gasteiger partial charge >= 0.3 is 6.18 Å². The van der Waals surface area contributed by atoms with Crippen molar-refractivity contribution >= 4 is 11.3 Å². The number of nitrogens with zero attached hydrogens (tertiary/aromatic N) is 1. The van der Waals surface area contributed by atoms with Crippen molar-refractivity contribution in [1.29, 1.82) is 0 Å². The van der Waals surface area contributed by atoms with Crippen molar-refractivity contribution in [1.82, 2.24) is 4.98 Å². The number of thiazole rings is 1. The number of benzene rings is 1. The van der Waals surface area contributed by atoms with Crippen LogP contribution in [0.1, 0.15) is 21.7 Å². The van der Waals surface area contributed by atoms with Crippen LogP contribution < -0.4 is 10.5 Å². The third kappa shape index (κ3) is 3.95. The predicted octanol–water partition coefficient (Wildman–Crippen LogP) is 3.55. The third-order valence-corrected chi connectivity index (χ3v) is 4.03. The van der Waals surface area contributed by atoms with E-state index in [-0.39, 0.29) is 6.54 Å². The lowest BCUT2D eigenvalue weighted by atomic mass is 10.1. The van der Waals surface area contributed by atoms with Gasteiger partial charge in [-0.15, -0.1) is 11.3 Å². The second kappa shape index (κ2) is 6.44. The molecule has 1 aromatic heterocycles. The minimum absolute atomic E-state index is 0.00115. The van der Waals surface area contributed by atoms with Crippen LogP contribution in [-0.4, -0.2) is 11.6 Å². The van der Waals surface area contributed by atoms with Gasteiger partial charge in [0, 0.05) is 23.4 Å². The van der Waals surface area contributed by atoms with Crippen LogP contribution in [0.3, 0.4) is 0 Å². The maximum atomic E-state index is 12.6. The number of alkyl halides is 3. The average molecular weight is 316 g/mol. The van der Waals surface area contributed by atoms with Gasteiger partial charge in [-0.1, -0.05) is 0 Å². The molecule has 0 spiro atoms. The summed E-state index contributed by atoms with van der Waals surface area (Å²) in [7, 11) is 0. The molecule has 0 amide bonds. The molecule has 0 aliphatic heterocycles. The molecule has 2 rings (SSSR count). The standard InChI is InChI=1S/C14H15F3N2OS/c1-9-13(21-8-19-9)4-5-20-12-3-2-11(14(15,16)17)6-10(12)7-18/h2-3,6,8H,4-5,7,18H2,1H3. The summed E-state index contributed by atoms with van der Waals surface area (Å²) >= 11 is 1.54. The Morgan fingerprint density at radius 1 is 1.33 bits per heavy atom. The smallest absolute Gasteiger partial charge is 0.416 e. The molecular weight excluding hydrogens is 301 g/mol. The van der Waals surface area contributed by atoms with Gasteiger partial charge in [0.2, 0.25) is 0 Å². The quantitative estimate of drug-likeness (QED) is 0.917. The van der Waals surface area contributed by atoms with Gasteiger partial charge < -0.3 is 10.5 Å². The molecule has 114 valence electrons. The van der Waals surface area contributed by atoms with E-state index < -0.39 is 11.7 Å². The number of rotatable bonds is 5. The lowest BCUT2D eigenvalue weighted by molar-refractivity contribution is -0.137. The van der Waals surface area contributed by atoms with Gasteiger partial charge in [0.25, 0.3) is 0 Å². The van der Waals surface area contributed by atoms with E-state index in [1.54, 1.807) is 5.51 Å². The van der Waals surface area contributed by atoms with Gasteiger partial charge in [0.05, 0.1) is 23.4 Å². The summed E-state index contributed by atoms with van der Waals surface area (Å²) in [6.45, 7) is 2.29. The largest absolute Gasteiger partial charge is 0.493 e. The van der Waals surface area contributed by atoms with Crippen LogP contribution in [0.25, 0.3) is 0 Å². The van der Waals surface area contributed by atoms with Crippen molar-refractivity contribution in [2.45, 2.75) is 26.1 Å². The Kier molecular flexibility index (Phi) is 4.84. The SMILES string of the molecule is Cc1ncsc1CCOc1ccc(C(F)(F)F)cc1CN. The Balaban J connectivity index is 2.04. The first-order chi connectivity index (χ1) is 9.91. The molecule has 3 nitrogen and oxygen atoms in total. The molecule has 0 aliphatic carbocycles. The number of hydrogen-bond acceptors (Lipinski definition) is 4. The molecule has 0 atom stereocenters. The van der Waals surface area contributed by atoms with Crippen molar-refractivity contribution < 1.29 is 17.9 Å². The van der Waals surface area contributed by atoms with E-state index in [1.807, 2.05) is 6.92 Å². The molecule has 0 unspecified atom stereocenters. The Labute approximate surface area is 124 Å². The van der Waals surface area contributed by atoms with Crippen LogP contribution in [0.5, 0.6) is 5.75 Å². The second-order valence-corrected chi connectivity index (χ2v) is 5.42. The first kappa shape index (κ1) is 15.8. The fourth-order valence-corrected chi connectivity index (χ4v) is 2.64. The maximum Gasteiger partial charge on any atom is 0.416 e. The topological polar surface area (TPSA) is 48.1 Å². The van der Waals surface area contributed by atoms with E-state index in [4.69, 9.17) is 10.5 Å². The molecule has 21 heavy (non-hydrogen) atoms. The second-order valence-electron chi connectivity index (χ2n) is 4.48. The van der Waals surface area contributed by atoms with Crippen LogP contribution in [0.4, 0.5) is 13.2 Å². The molecule has 0 bridgehead atoms. The van der Waals surface area contributed by atoms with Crippen molar-refractivity contribution in [3.63, 3.8) is 0 Å². The number of aryl methyl sites for hydroxylation is 1. The number of ether oxygens (including phenoxy) is 1. The molecule has 2 aromatic rings. The zero-order chi connectivity index (χ0) is 15.5. The van der Waals surface area contributed by atoms with Gasteiger partial charge in [-0.05, 0) is 25.1 Å². The molecule has 0 saturated carbocycles. The molecule has 0 fully saturated rings. The number of halogens is 3. The predicted molar refractivity (Wildman–Crippen MR) is 75.4 cm³/mol. The lowest BCUT2D eigenvalue weighted by Crippen LogP contribution is -2.10. The van der Waals surface area contributed by atoms with Gasteiger partial charge in [0.15, 0.2) is 0 Å². The lowest BCUT2D eigenvalue weighted by Gasteiger charge is -2.13. The Morgan fingerprint density at radius 2 is 2.10 bits per heavy atom. The normalized spacial score (nSPS) is 11.7. The van der Waals surface area contributed by atoms with E-state index in [0.717, 1.165) is 22.7 Å². The highest BCUT2D eigenvalue weighted by molar-refractivity contribution is 7.09. The van der Waals surface area contributed by atoms with Crippen molar-refractivity contribution in [2.24, 2.45) is 5.73 Å². The van der Waals surface area contributed by atoms with Gasteiger partial charge in [-0.2, -0.15) is 13.2 Å². The summed E-state index contributed by atoms with van der Waals surface area (Å²) in [6, 6.07) is 3.37. The summed E-state index contributed by atoms with van der Waals surface area (Å²) in [5, 5.41) is 0. The molecule has 0 saturated heterocycles. The van der Waals surface area contributed by atoms with Crippen LogP contribution in [-0.2, 0) is 19.1 Å². The summed E-state index contributed by atoms with van der Waals surface area (Å²) in [4.78, 5) is 5.24. The summed E-state index contributed by atoms with van der Waals surface area (Å²) in [5.41, 5.74) is 7.85. The molecule has 0 radical (unpaired) electrons. The summed E-state index contributed by atoms with van der Waals surface area (Å²) in [6.07, 6.45) is -3.70. The van der Waals surface area contributed by atoms with Crippen LogP contribution in [0.2, 0.25) is 0 Å². The minimum Gasteiger partial charge on any atom is -0.493 e.